The molecule has 2 heterocycles. The maximum Gasteiger partial charge on any atom is 0.270 e. The number of nitrogens with zero attached hydrogens (tertiary/aromatic N) is 2. The number of carbonyl (C=O) groups is 1. The first kappa shape index (κ1) is 13.1. The molecule has 1 amide bonds. The molecule has 0 radical (unpaired) electrons. The van der Waals surface area contributed by atoms with Crippen LogP contribution in [0.25, 0.3) is 0 Å². The minimum Gasteiger partial charge on any atom is -0.396 e. The quantitative estimate of drug-likeness (QED) is 0.890. The summed E-state index contributed by atoms with van der Waals surface area (Å²) in [5.74, 6) is 0.331. The number of carbonyl (C=O) groups excluding carboxylic acids is 1. The van der Waals surface area contributed by atoms with E-state index in [-0.39, 0.29) is 24.5 Å². The molecule has 4 nitrogen and oxygen atoms in total. The monoisotopic (exact) mass is 250 g/mol. The van der Waals surface area contributed by atoms with E-state index in [9.17, 15) is 9.90 Å². The number of aromatic nitrogens is 1. The molecule has 0 spiro atoms. The second-order valence-electron chi connectivity index (χ2n) is 5.34. The van der Waals surface area contributed by atoms with Gasteiger partial charge in [0.2, 0.25) is 0 Å². The van der Waals surface area contributed by atoms with Crippen LogP contribution in [-0.4, -0.2) is 40.2 Å². The van der Waals surface area contributed by atoms with Crippen LogP contribution in [-0.2, 0) is 0 Å². The first-order valence-corrected chi connectivity index (χ1v) is 6.70. The molecule has 1 saturated heterocycles. The Bertz CT molecular complexity index is 412. The number of amides is 1. The second-order valence-corrected chi connectivity index (χ2v) is 5.34. The van der Waals surface area contributed by atoms with Crippen molar-refractivity contribution in [1.82, 2.24) is 9.47 Å². The standard InChI is InChI=1S/C14H22N2O2/c1-11(2)16-8-4-6-13(16)14(18)15-7-3-5-12(9-15)10-17/h4,6,8,11-12,17H,3,5,7,9-10H2,1-2H3. The normalized spacial score (nSPS) is 20.4. The molecule has 18 heavy (non-hydrogen) atoms. The van der Waals surface area contributed by atoms with E-state index in [1.807, 2.05) is 27.8 Å². The Hall–Kier alpha value is -1.29. The molecule has 1 aliphatic heterocycles. The smallest absolute Gasteiger partial charge is 0.270 e. The molecule has 100 valence electrons. The molecule has 1 atom stereocenters. The molecular formula is C14H22N2O2. The van der Waals surface area contributed by atoms with Gasteiger partial charge in [-0.3, -0.25) is 4.79 Å². The van der Waals surface area contributed by atoms with Gasteiger partial charge in [-0.25, -0.2) is 0 Å². The Balaban J connectivity index is 2.13. The molecule has 2 rings (SSSR count). The number of hydrogen-bond donors (Lipinski definition) is 1. The highest BCUT2D eigenvalue weighted by atomic mass is 16.3. The molecule has 1 N–H and O–H groups in total. The zero-order chi connectivity index (χ0) is 13.1. The van der Waals surface area contributed by atoms with Crippen LogP contribution in [0.1, 0.15) is 43.2 Å². The van der Waals surface area contributed by atoms with Crippen molar-refractivity contribution in [3.05, 3.63) is 24.0 Å². The lowest BCUT2D eigenvalue weighted by atomic mass is 9.99. The van der Waals surface area contributed by atoms with Crippen molar-refractivity contribution < 1.29 is 9.90 Å². The van der Waals surface area contributed by atoms with Gasteiger partial charge in [0.15, 0.2) is 0 Å². The van der Waals surface area contributed by atoms with Crippen LogP contribution in [0.3, 0.4) is 0 Å². The molecule has 4 heteroatoms. The Morgan fingerprint density at radius 1 is 1.56 bits per heavy atom. The third-order valence-electron chi connectivity index (χ3n) is 3.62. The summed E-state index contributed by atoms with van der Waals surface area (Å²) >= 11 is 0. The van der Waals surface area contributed by atoms with Crippen molar-refractivity contribution in [2.75, 3.05) is 19.7 Å². The Kier molecular flexibility index (Phi) is 4.07. The average Bonchev–Trinajstić information content (AvgIpc) is 2.87. The Labute approximate surface area is 108 Å². The van der Waals surface area contributed by atoms with Gasteiger partial charge in [-0.15, -0.1) is 0 Å². The highest BCUT2D eigenvalue weighted by Gasteiger charge is 2.25. The molecule has 1 fully saturated rings. The number of aliphatic hydroxyl groups is 1. The lowest BCUT2D eigenvalue weighted by molar-refractivity contribution is 0.0609. The van der Waals surface area contributed by atoms with E-state index in [1.165, 1.54) is 0 Å². The van der Waals surface area contributed by atoms with Crippen LogP contribution < -0.4 is 0 Å². The first-order chi connectivity index (χ1) is 8.63. The van der Waals surface area contributed by atoms with E-state index in [0.29, 0.717) is 6.54 Å². The summed E-state index contributed by atoms with van der Waals surface area (Å²) in [6.07, 6.45) is 3.95. The van der Waals surface area contributed by atoms with Gasteiger partial charge in [0.1, 0.15) is 5.69 Å². The van der Waals surface area contributed by atoms with Crippen molar-refractivity contribution in [2.24, 2.45) is 5.92 Å². The molecule has 0 bridgehead atoms. The predicted molar refractivity (Wildman–Crippen MR) is 70.5 cm³/mol. The minimum atomic E-state index is 0.0897. The fourth-order valence-corrected chi connectivity index (χ4v) is 2.59. The van der Waals surface area contributed by atoms with E-state index >= 15 is 0 Å². The molecule has 0 aliphatic carbocycles. The highest BCUT2D eigenvalue weighted by Crippen LogP contribution is 2.19. The van der Waals surface area contributed by atoms with Crippen LogP contribution in [0.4, 0.5) is 0 Å². The van der Waals surface area contributed by atoms with Crippen molar-refractivity contribution in [1.29, 1.82) is 0 Å². The Morgan fingerprint density at radius 2 is 2.33 bits per heavy atom. The van der Waals surface area contributed by atoms with Gasteiger partial charge in [-0.05, 0) is 44.7 Å². The molecule has 1 aromatic rings. The third-order valence-corrected chi connectivity index (χ3v) is 3.62. The van der Waals surface area contributed by atoms with Gasteiger partial charge in [0, 0.05) is 31.9 Å². The van der Waals surface area contributed by atoms with Crippen LogP contribution in [0.5, 0.6) is 0 Å². The SMILES string of the molecule is CC(C)n1cccc1C(=O)N1CCCC(CO)C1. The molecule has 1 aromatic heterocycles. The number of aliphatic hydroxyl groups excluding tert-OH is 1. The zero-order valence-corrected chi connectivity index (χ0v) is 11.2. The average molecular weight is 250 g/mol. The zero-order valence-electron chi connectivity index (χ0n) is 11.2. The third kappa shape index (κ3) is 2.58. The molecule has 0 saturated carbocycles. The predicted octanol–water partition coefficient (Wildman–Crippen LogP) is 1.91. The summed E-state index contributed by atoms with van der Waals surface area (Å²) in [7, 11) is 0. The second kappa shape index (κ2) is 5.57. The molecule has 1 unspecified atom stereocenters. The van der Waals surface area contributed by atoms with E-state index in [0.717, 1.165) is 25.1 Å². The number of rotatable bonds is 3. The summed E-state index contributed by atoms with van der Waals surface area (Å²) in [6.45, 7) is 5.80. The number of likely N-dealkylation sites (tertiary alicyclic amines) is 1. The summed E-state index contributed by atoms with van der Waals surface area (Å²) < 4.78 is 2.00. The maximum atomic E-state index is 12.5. The van der Waals surface area contributed by atoms with Gasteiger partial charge in [0.25, 0.3) is 5.91 Å². The fourth-order valence-electron chi connectivity index (χ4n) is 2.59. The van der Waals surface area contributed by atoms with E-state index < -0.39 is 0 Å². The van der Waals surface area contributed by atoms with Gasteiger partial charge < -0.3 is 14.6 Å². The van der Waals surface area contributed by atoms with Crippen molar-refractivity contribution >= 4 is 5.91 Å². The summed E-state index contributed by atoms with van der Waals surface area (Å²) in [5.41, 5.74) is 0.753. The maximum absolute atomic E-state index is 12.5. The van der Waals surface area contributed by atoms with Crippen LogP contribution in [0.15, 0.2) is 18.3 Å². The largest absolute Gasteiger partial charge is 0.396 e. The number of piperidine rings is 1. The summed E-state index contributed by atoms with van der Waals surface area (Å²) in [5, 5.41) is 9.22. The fraction of sp³-hybridized carbons (Fsp3) is 0.643. The molecular weight excluding hydrogens is 228 g/mol. The van der Waals surface area contributed by atoms with E-state index in [4.69, 9.17) is 0 Å². The van der Waals surface area contributed by atoms with Crippen molar-refractivity contribution in [2.45, 2.75) is 32.7 Å². The van der Waals surface area contributed by atoms with Crippen LogP contribution in [0, 0.1) is 5.92 Å². The van der Waals surface area contributed by atoms with Crippen LogP contribution in [0.2, 0.25) is 0 Å². The van der Waals surface area contributed by atoms with Crippen molar-refractivity contribution in [3.63, 3.8) is 0 Å². The first-order valence-electron chi connectivity index (χ1n) is 6.70. The van der Waals surface area contributed by atoms with Gasteiger partial charge in [0.05, 0.1) is 0 Å². The highest BCUT2D eigenvalue weighted by molar-refractivity contribution is 5.92. The molecule has 1 aliphatic rings. The van der Waals surface area contributed by atoms with Crippen molar-refractivity contribution in [3.8, 4) is 0 Å². The lowest BCUT2D eigenvalue weighted by Crippen LogP contribution is -2.41. The number of hydrogen-bond acceptors (Lipinski definition) is 2. The lowest BCUT2D eigenvalue weighted by Gasteiger charge is -2.32. The van der Waals surface area contributed by atoms with E-state index in [2.05, 4.69) is 13.8 Å². The minimum absolute atomic E-state index is 0.0897. The van der Waals surface area contributed by atoms with Gasteiger partial charge in [-0.1, -0.05) is 0 Å². The summed E-state index contributed by atoms with van der Waals surface area (Å²) in [6, 6.07) is 4.09. The van der Waals surface area contributed by atoms with Gasteiger partial charge in [-0.2, -0.15) is 0 Å². The van der Waals surface area contributed by atoms with Crippen LogP contribution >= 0.6 is 0 Å². The summed E-state index contributed by atoms with van der Waals surface area (Å²) in [4.78, 5) is 14.3. The van der Waals surface area contributed by atoms with Gasteiger partial charge >= 0.3 is 0 Å². The topological polar surface area (TPSA) is 45.5 Å². The van der Waals surface area contributed by atoms with E-state index in [1.54, 1.807) is 0 Å². The molecule has 0 aromatic carbocycles. The Morgan fingerprint density at radius 3 is 3.00 bits per heavy atom.